The standard InChI is InChI=1S/C13H13FN2OS/c14-9-4-6-10(7-5-9)16-12(17)11-3-1-2-8-15(11)13(16)18/h4-7,11H,1-3,8H2/t11-/m0/s1. The number of piperidine rings is 1. The maximum absolute atomic E-state index is 12.9. The second-order valence-corrected chi connectivity index (χ2v) is 5.00. The minimum atomic E-state index is -0.311. The normalized spacial score (nSPS) is 23.5. The van der Waals surface area contributed by atoms with Crippen LogP contribution in [-0.2, 0) is 4.79 Å². The van der Waals surface area contributed by atoms with Gasteiger partial charge in [-0.1, -0.05) is 0 Å². The van der Waals surface area contributed by atoms with Crippen molar-refractivity contribution in [2.75, 3.05) is 11.4 Å². The van der Waals surface area contributed by atoms with E-state index in [1.807, 2.05) is 4.90 Å². The highest BCUT2D eigenvalue weighted by atomic mass is 32.1. The largest absolute Gasteiger partial charge is 0.336 e. The third-order valence-electron chi connectivity index (χ3n) is 3.53. The summed E-state index contributed by atoms with van der Waals surface area (Å²) in [5.74, 6) is -0.291. The summed E-state index contributed by atoms with van der Waals surface area (Å²) in [5.41, 5.74) is 0.654. The number of fused-ring (bicyclic) bond motifs is 1. The van der Waals surface area contributed by atoms with Gasteiger partial charge < -0.3 is 4.90 Å². The molecule has 5 heteroatoms. The molecule has 94 valence electrons. The molecule has 1 amide bonds. The van der Waals surface area contributed by atoms with Crippen LogP contribution in [0.4, 0.5) is 10.1 Å². The predicted molar refractivity (Wildman–Crippen MR) is 70.8 cm³/mol. The molecule has 3 nitrogen and oxygen atoms in total. The first-order valence-electron chi connectivity index (χ1n) is 6.08. The zero-order chi connectivity index (χ0) is 12.7. The van der Waals surface area contributed by atoms with Crippen LogP contribution < -0.4 is 4.90 Å². The molecule has 3 rings (SSSR count). The Bertz CT molecular complexity index is 478. The molecule has 0 N–H and O–H groups in total. The Labute approximate surface area is 110 Å². The first kappa shape index (κ1) is 11.6. The molecular weight excluding hydrogens is 251 g/mol. The lowest BCUT2D eigenvalue weighted by molar-refractivity contribution is -0.120. The van der Waals surface area contributed by atoms with Crippen LogP contribution in [0.15, 0.2) is 24.3 Å². The van der Waals surface area contributed by atoms with E-state index in [0.29, 0.717) is 10.8 Å². The van der Waals surface area contributed by atoms with E-state index >= 15 is 0 Å². The van der Waals surface area contributed by atoms with Gasteiger partial charge in [0.25, 0.3) is 5.91 Å². The van der Waals surface area contributed by atoms with Gasteiger partial charge in [0.15, 0.2) is 5.11 Å². The number of amides is 1. The summed E-state index contributed by atoms with van der Waals surface area (Å²) >= 11 is 5.37. The lowest BCUT2D eigenvalue weighted by Crippen LogP contribution is -2.38. The van der Waals surface area contributed by atoms with Crippen LogP contribution in [0.25, 0.3) is 0 Å². The number of benzene rings is 1. The Morgan fingerprint density at radius 3 is 2.61 bits per heavy atom. The Morgan fingerprint density at radius 2 is 1.94 bits per heavy atom. The lowest BCUT2D eigenvalue weighted by Gasteiger charge is -2.27. The quantitative estimate of drug-likeness (QED) is 0.727. The monoisotopic (exact) mass is 264 g/mol. The molecule has 0 spiro atoms. The number of nitrogens with zero attached hydrogens (tertiary/aromatic N) is 2. The van der Waals surface area contributed by atoms with Crippen molar-refractivity contribution in [2.45, 2.75) is 25.3 Å². The van der Waals surface area contributed by atoms with Crippen molar-refractivity contribution < 1.29 is 9.18 Å². The van der Waals surface area contributed by atoms with Crippen LogP contribution in [0.5, 0.6) is 0 Å². The van der Waals surface area contributed by atoms with Gasteiger partial charge in [0, 0.05) is 6.54 Å². The van der Waals surface area contributed by atoms with E-state index in [1.54, 1.807) is 12.1 Å². The highest BCUT2D eigenvalue weighted by molar-refractivity contribution is 7.80. The summed E-state index contributed by atoms with van der Waals surface area (Å²) in [6.45, 7) is 0.840. The number of rotatable bonds is 1. The van der Waals surface area contributed by atoms with Gasteiger partial charge in [-0.05, 0) is 55.7 Å². The molecule has 2 heterocycles. The minimum Gasteiger partial charge on any atom is -0.336 e. The average Bonchev–Trinajstić information content (AvgIpc) is 2.64. The summed E-state index contributed by atoms with van der Waals surface area (Å²) in [4.78, 5) is 15.9. The van der Waals surface area contributed by atoms with Gasteiger partial charge in [-0.15, -0.1) is 0 Å². The molecule has 0 bridgehead atoms. The highest BCUT2D eigenvalue weighted by Crippen LogP contribution is 2.30. The molecule has 0 aromatic heterocycles. The first-order valence-corrected chi connectivity index (χ1v) is 6.49. The zero-order valence-electron chi connectivity index (χ0n) is 9.80. The van der Waals surface area contributed by atoms with E-state index in [4.69, 9.17) is 12.2 Å². The van der Waals surface area contributed by atoms with Gasteiger partial charge in [0.2, 0.25) is 0 Å². The Hall–Kier alpha value is -1.49. The topological polar surface area (TPSA) is 23.6 Å². The van der Waals surface area contributed by atoms with Crippen LogP contribution in [0, 0.1) is 5.82 Å². The maximum Gasteiger partial charge on any atom is 0.256 e. The van der Waals surface area contributed by atoms with E-state index in [9.17, 15) is 9.18 Å². The molecule has 2 saturated heterocycles. The molecule has 18 heavy (non-hydrogen) atoms. The molecule has 2 aliphatic rings. The summed E-state index contributed by atoms with van der Waals surface area (Å²) in [5, 5.41) is 0.552. The van der Waals surface area contributed by atoms with Crippen molar-refractivity contribution in [1.29, 1.82) is 0 Å². The molecule has 0 radical (unpaired) electrons. The fraction of sp³-hybridized carbons (Fsp3) is 0.385. The average molecular weight is 264 g/mol. The zero-order valence-corrected chi connectivity index (χ0v) is 10.6. The highest BCUT2D eigenvalue weighted by Gasteiger charge is 2.43. The van der Waals surface area contributed by atoms with Gasteiger partial charge in [0.05, 0.1) is 5.69 Å². The second-order valence-electron chi connectivity index (χ2n) is 4.64. The molecule has 0 unspecified atom stereocenters. The number of hydrogen-bond acceptors (Lipinski definition) is 2. The number of thiocarbonyl (C=S) groups is 1. The van der Waals surface area contributed by atoms with Crippen molar-refractivity contribution in [3.63, 3.8) is 0 Å². The maximum atomic E-state index is 12.9. The molecule has 0 aliphatic carbocycles. The van der Waals surface area contributed by atoms with E-state index < -0.39 is 0 Å². The van der Waals surface area contributed by atoms with Gasteiger partial charge in [0.1, 0.15) is 11.9 Å². The predicted octanol–water partition coefficient (Wildman–Crippen LogP) is 2.31. The van der Waals surface area contributed by atoms with Gasteiger partial charge >= 0.3 is 0 Å². The Balaban J connectivity index is 1.95. The van der Waals surface area contributed by atoms with Gasteiger partial charge in [-0.3, -0.25) is 9.69 Å². The SMILES string of the molecule is O=C1[C@@H]2CCCCN2C(=S)N1c1ccc(F)cc1. The molecule has 1 atom stereocenters. The van der Waals surface area contributed by atoms with Crippen molar-refractivity contribution in [2.24, 2.45) is 0 Å². The third-order valence-corrected chi connectivity index (χ3v) is 3.95. The van der Waals surface area contributed by atoms with Crippen molar-refractivity contribution in [1.82, 2.24) is 4.90 Å². The molecule has 1 aromatic rings. The molecule has 0 saturated carbocycles. The smallest absolute Gasteiger partial charge is 0.256 e. The van der Waals surface area contributed by atoms with Gasteiger partial charge in [-0.2, -0.15) is 0 Å². The van der Waals surface area contributed by atoms with Crippen LogP contribution in [-0.4, -0.2) is 28.5 Å². The summed E-state index contributed by atoms with van der Waals surface area (Å²) < 4.78 is 12.9. The van der Waals surface area contributed by atoms with E-state index in [0.717, 1.165) is 25.8 Å². The fourth-order valence-corrected chi connectivity index (χ4v) is 3.03. The molecule has 2 aliphatic heterocycles. The summed E-state index contributed by atoms with van der Waals surface area (Å²) in [6.07, 6.45) is 2.99. The van der Waals surface area contributed by atoms with Crippen LogP contribution in [0.2, 0.25) is 0 Å². The van der Waals surface area contributed by atoms with Gasteiger partial charge in [-0.25, -0.2) is 4.39 Å². The third kappa shape index (κ3) is 1.70. The lowest BCUT2D eigenvalue weighted by atomic mass is 10.0. The number of carbonyl (C=O) groups is 1. The number of anilines is 1. The molecular formula is C13H13FN2OS. The van der Waals surface area contributed by atoms with Crippen LogP contribution in [0.1, 0.15) is 19.3 Å². The molecule has 2 fully saturated rings. The second kappa shape index (κ2) is 4.31. The van der Waals surface area contributed by atoms with Crippen molar-refractivity contribution in [3.8, 4) is 0 Å². The number of halogens is 1. The summed E-state index contributed by atoms with van der Waals surface area (Å²) in [6, 6.07) is 5.78. The Kier molecular flexibility index (Phi) is 2.78. The minimum absolute atomic E-state index is 0.0197. The number of hydrogen-bond donors (Lipinski definition) is 0. The van der Waals surface area contributed by atoms with E-state index in [2.05, 4.69) is 0 Å². The molecule has 1 aromatic carbocycles. The first-order chi connectivity index (χ1) is 8.68. The Morgan fingerprint density at radius 1 is 1.22 bits per heavy atom. The van der Waals surface area contributed by atoms with E-state index in [1.165, 1.54) is 17.0 Å². The fourth-order valence-electron chi connectivity index (χ4n) is 2.62. The van der Waals surface area contributed by atoms with Crippen LogP contribution in [0.3, 0.4) is 0 Å². The number of carbonyl (C=O) groups excluding carboxylic acids is 1. The van der Waals surface area contributed by atoms with Crippen molar-refractivity contribution in [3.05, 3.63) is 30.1 Å². The van der Waals surface area contributed by atoms with Crippen molar-refractivity contribution >= 4 is 28.9 Å². The van der Waals surface area contributed by atoms with Crippen LogP contribution >= 0.6 is 12.2 Å². The van der Waals surface area contributed by atoms with E-state index in [-0.39, 0.29) is 17.8 Å². The summed E-state index contributed by atoms with van der Waals surface area (Å²) in [7, 11) is 0.